The van der Waals surface area contributed by atoms with Gasteiger partial charge in [0.05, 0.1) is 24.9 Å². The van der Waals surface area contributed by atoms with E-state index in [1.165, 1.54) is 19.3 Å². The summed E-state index contributed by atoms with van der Waals surface area (Å²) in [5.74, 6) is 2.00. The molecule has 0 bridgehead atoms. The number of benzene rings is 1. The van der Waals surface area contributed by atoms with Crippen LogP contribution in [0.5, 0.6) is 11.5 Å². The van der Waals surface area contributed by atoms with Crippen LogP contribution < -0.4 is 14.8 Å². The summed E-state index contributed by atoms with van der Waals surface area (Å²) >= 11 is 6.11. The van der Waals surface area contributed by atoms with E-state index in [2.05, 4.69) is 12.2 Å². The molecule has 1 N–H and O–H groups in total. The molecule has 0 unspecified atom stereocenters. The third-order valence-electron chi connectivity index (χ3n) is 4.92. The topological polar surface area (TPSA) is 47.6 Å². The maximum absolute atomic E-state index is 12.6. The second-order valence-corrected chi connectivity index (χ2v) is 6.94. The summed E-state index contributed by atoms with van der Waals surface area (Å²) in [6.45, 7) is 2.23. The minimum absolute atomic E-state index is 0.0617. The van der Waals surface area contributed by atoms with Crippen LogP contribution in [-0.4, -0.2) is 20.1 Å². The number of carbonyl (C=O) groups is 1. The number of ether oxygens (including phenoxy) is 2. The molecule has 0 spiro atoms. The largest absolute Gasteiger partial charge is 0.495 e. The van der Waals surface area contributed by atoms with Gasteiger partial charge in [-0.1, -0.05) is 37.8 Å². The summed E-state index contributed by atoms with van der Waals surface area (Å²) < 4.78 is 10.5. The third-order valence-corrected chi connectivity index (χ3v) is 5.21. The van der Waals surface area contributed by atoms with E-state index >= 15 is 0 Å². The molecule has 2 rings (SSSR count). The zero-order valence-electron chi connectivity index (χ0n) is 14.9. The molecule has 1 aromatic rings. The quantitative estimate of drug-likeness (QED) is 0.724. The lowest BCUT2D eigenvalue weighted by molar-refractivity contribution is -0.121. The van der Waals surface area contributed by atoms with E-state index in [-0.39, 0.29) is 11.8 Å². The van der Waals surface area contributed by atoms with Crippen molar-refractivity contribution in [2.24, 2.45) is 11.8 Å². The minimum Gasteiger partial charge on any atom is -0.495 e. The zero-order valence-corrected chi connectivity index (χ0v) is 15.6. The normalized spacial score (nSPS) is 20.5. The van der Waals surface area contributed by atoms with Gasteiger partial charge in [-0.15, -0.1) is 0 Å². The van der Waals surface area contributed by atoms with Gasteiger partial charge in [-0.3, -0.25) is 4.79 Å². The van der Waals surface area contributed by atoms with Crippen molar-refractivity contribution in [2.75, 3.05) is 19.5 Å². The first kappa shape index (κ1) is 18.9. The van der Waals surface area contributed by atoms with Gasteiger partial charge < -0.3 is 14.8 Å². The first-order chi connectivity index (χ1) is 11.6. The lowest BCUT2D eigenvalue weighted by Crippen LogP contribution is -2.27. The van der Waals surface area contributed by atoms with Crippen LogP contribution in [-0.2, 0) is 4.79 Å². The van der Waals surface area contributed by atoms with E-state index in [1.807, 2.05) is 0 Å². The Bertz CT molecular complexity index is 554. The standard InChI is InChI=1S/C19H28ClNO3/c1-4-5-6-13-7-9-14(10-8-13)19(22)21-16-12-17(23-2)15(20)11-18(16)24-3/h11-14H,4-10H2,1-3H3,(H,21,22). The number of methoxy groups -OCH3 is 2. The SMILES string of the molecule is CCCCC1CCC(C(=O)Nc2cc(OC)c(Cl)cc2OC)CC1. The molecule has 0 atom stereocenters. The van der Waals surface area contributed by atoms with Gasteiger partial charge in [0.2, 0.25) is 5.91 Å². The average molecular weight is 354 g/mol. The predicted molar refractivity (Wildman–Crippen MR) is 98.2 cm³/mol. The Kier molecular flexibility index (Phi) is 7.22. The summed E-state index contributed by atoms with van der Waals surface area (Å²) in [5.41, 5.74) is 0.608. The van der Waals surface area contributed by atoms with Crippen molar-refractivity contribution in [2.45, 2.75) is 51.9 Å². The molecule has 0 radical (unpaired) electrons. The maximum atomic E-state index is 12.6. The van der Waals surface area contributed by atoms with Crippen molar-refractivity contribution >= 4 is 23.2 Å². The van der Waals surface area contributed by atoms with Crippen molar-refractivity contribution in [3.05, 3.63) is 17.2 Å². The van der Waals surface area contributed by atoms with Crippen LogP contribution in [0.2, 0.25) is 5.02 Å². The molecule has 134 valence electrons. The Morgan fingerprint density at radius 1 is 1.17 bits per heavy atom. The molecule has 1 aromatic carbocycles. The summed E-state index contributed by atoms with van der Waals surface area (Å²) in [7, 11) is 3.11. The van der Waals surface area contributed by atoms with E-state index < -0.39 is 0 Å². The highest BCUT2D eigenvalue weighted by Gasteiger charge is 2.26. The number of rotatable bonds is 7. The highest BCUT2D eigenvalue weighted by molar-refractivity contribution is 6.32. The molecule has 1 aliphatic carbocycles. The number of hydrogen-bond donors (Lipinski definition) is 1. The van der Waals surface area contributed by atoms with E-state index in [1.54, 1.807) is 26.4 Å². The fourth-order valence-corrected chi connectivity index (χ4v) is 3.63. The van der Waals surface area contributed by atoms with E-state index in [4.69, 9.17) is 21.1 Å². The number of halogens is 1. The number of anilines is 1. The first-order valence-electron chi connectivity index (χ1n) is 8.81. The molecular weight excluding hydrogens is 326 g/mol. The summed E-state index contributed by atoms with van der Waals surface area (Å²) in [6.07, 6.45) is 8.08. The summed E-state index contributed by atoms with van der Waals surface area (Å²) in [4.78, 5) is 12.6. The predicted octanol–water partition coefficient (Wildman–Crippen LogP) is 5.29. The molecular formula is C19H28ClNO3. The van der Waals surface area contributed by atoms with Crippen LogP contribution in [0.15, 0.2) is 12.1 Å². The van der Waals surface area contributed by atoms with Crippen LogP contribution in [0.3, 0.4) is 0 Å². The Morgan fingerprint density at radius 2 is 1.83 bits per heavy atom. The van der Waals surface area contributed by atoms with Crippen LogP contribution in [0, 0.1) is 11.8 Å². The van der Waals surface area contributed by atoms with Crippen molar-refractivity contribution < 1.29 is 14.3 Å². The summed E-state index contributed by atoms with van der Waals surface area (Å²) in [5, 5.41) is 3.45. The summed E-state index contributed by atoms with van der Waals surface area (Å²) in [6, 6.07) is 3.38. The zero-order chi connectivity index (χ0) is 17.5. The minimum atomic E-state index is 0.0617. The van der Waals surface area contributed by atoms with Crippen LogP contribution in [0.1, 0.15) is 51.9 Å². The van der Waals surface area contributed by atoms with E-state index in [0.717, 1.165) is 31.6 Å². The van der Waals surface area contributed by atoms with Gasteiger partial charge in [0.15, 0.2) is 0 Å². The maximum Gasteiger partial charge on any atom is 0.227 e. The second-order valence-electron chi connectivity index (χ2n) is 6.54. The lowest BCUT2D eigenvalue weighted by Gasteiger charge is -2.28. The molecule has 4 nitrogen and oxygen atoms in total. The molecule has 24 heavy (non-hydrogen) atoms. The van der Waals surface area contributed by atoms with Crippen LogP contribution in [0.4, 0.5) is 5.69 Å². The molecule has 1 amide bonds. The number of unbranched alkanes of at least 4 members (excludes halogenated alkanes) is 1. The van der Waals surface area contributed by atoms with Gasteiger partial charge in [-0.05, 0) is 31.6 Å². The smallest absolute Gasteiger partial charge is 0.227 e. The second kappa shape index (κ2) is 9.16. The van der Waals surface area contributed by atoms with Crippen molar-refractivity contribution in [3.63, 3.8) is 0 Å². The van der Waals surface area contributed by atoms with Crippen molar-refractivity contribution in [1.82, 2.24) is 0 Å². The molecule has 1 fully saturated rings. The van der Waals surface area contributed by atoms with Crippen molar-refractivity contribution in [3.8, 4) is 11.5 Å². The van der Waals surface area contributed by atoms with Crippen LogP contribution in [0.25, 0.3) is 0 Å². The van der Waals surface area contributed by atoms with E-state index in [0.29, 0.717) is 22.2 Å². The Labute approximate surface area is 149 Å². The monoisotopic (exact) mass is 353 g/mol. The number of hydrogen-bond acceptors (Lipinski definition) is 3. The molecule has 0 aliphatic heterocycles. The molecule has 0 heterocycles. The number of amides is 1. The van der Waals surface area contributed by atoms with Gasteiger partial charge in [-0.2, -0.15) is 0 Å². The molecule has 1 aliphatic rings. The average Bonchev–Trinajstić information content (AvgIpc) is 2.61. The molecule has 0 aromatic heterocycles. The fourth-order valence-electron chi connectivity index (χ4n) is 3.40. The molecule has 0 saturated heterocycles. The number of nitrogens with one attached hydrogen (secondary N) is 1. The van der Waals surface area contributed by atoms with Gasteiger partial charge in [-0.25, -0.2) is 0 Å². The highest BCUT2D eigenvalue weighted by atomic mass is 35.5. The number of carbonyl (C=O) groups excluding carboxylic acids is 1. The highest BCUT2D eigenvalue weighted by Crippen LogP contribution is 2.37. The Balaban J connectivity index is 1.98. The molecule has 1 saturated carbocycles. The van der Waals surface area contributed by atoms with Gasteiger partial charge in [0.25, 0.3) is 0 Å². The van der Waals surface area contributed by atoms with Crippen molar-refractivity contribution in [1.29, 1.82) is 0 Å². The van der Waals surface area contributed by atoms with E-state index in [9.17, 15) is 4.79 Å². The van der Waals surface area contributed by atoms with Crippen LogP contribution >= 0.6 is 11.6 Å². The first-order valence-corrected chi connectivity index (χ1v) is 9.19. The lowest BCUT2D eigenvalue weighted by atomic mass is 9.79. The molecule has 5 heteroatoms. The Hall–Kier alpha value is -1.42. The Morgan fingerprint density at radius 3 is 2.42 bits per heavy atom. The van der Waals surface area contributed by atoms with Gasteiger partial charge in [0, 0.05) is 18.1 Å². The van der Waals surface area contributed by atoms with Gasteiger partial charge >= 0.3 is 0 Å². The fraction of sp³-hybridized carbons (Fsp3) is 0.632. The van der Waals surface area contributed by atoms with Gasteiger partial charge in [0.1, 0.15) is 11.5 Å². The third kappa shape index (κ3) is 4.79.